The number of Topliss-reactive ketones (excluding diaryl/α,β-unsaturated/α-hetero) is 1. The lowest BCUT2D eigenvalue weighted by atomic mass is 10.1. The van der Waals surface area contributed by atoms with Gasteiger partial charge in [-0.1, -0.05) is 37.3 Å². The Morgan fingerprint density at radius 1 is 1.12 bits per heavy atom. The lowest BCUT2D eigenvalue weighted by Crippen LogP contribution is -2.43. The van der Waals surface area contributed by atoms with Crippen molar-refractivity contribution < 1.29 is 14.3 Å². The Bertz CT molecular complexity index is 1520. The van der Waals surface area contributed by atoms with Gasteiger partial charge in [0.25, 0.3) is 11.3 Å². The predicted octanol–water partition coefficient (Wildman–Crippen LogP) is 0.217. The molecule has 34 heavy (non-hydrogen) atoms. The summed E-state index contributed by atoms with van der Waals surface area (Å²) in [6.45, 7) is 1.13. The Hall–Kier alpha value is -4.61. The van der Waals surface area contributed by atoms with Gasteiger partial charge in [-0.2, -0.15) is 10.1 Å². The van der Waals surface area contributed by atoms with E-state index in [1.54, 1.807) is 24.3 Å². The number of carbonyl (C=O) groups is 2. The number of fused-ring (bicyclic) bond motifs is 1. The van der Waals surface area contributed by atoms with E-state index in [0.29, 0.717) is 17.9 Å². The number of carbonyl (C=O) groups excluding carboxylic acids is 2. The van der Waals surface area contributed by atoms with Gasteiger partial charge in [-0.3, -0.25) is 18.7 Å². The molecule has 174 valence electrons. The van der Waals surface area contributed by atoms with Crippen LogP contribution in [0.15, 0.2) is 52.4 Å². The van der Waals surface area contributed by atoms with Gasteiger partial charge in [-0.05, 0) is 12.0 Å². The fourth-order valence-corrected chi connectivity index (χ4v) is 3.58. The molecule has 12 nitrogen and oxygen atoms in total. The second-order valence-corrected chi connectivity index (χ2v) is 7.42. The number of esters is 1. The highest BCUT2D eigenvalue weighted by Crippen LogP contribution is 2.13. The van der Waals surface area contributed by atoms with Crippen LogP contribution >= 0.6 is 0 Å². The number of hydrogen-bond donors (Lipinski definition) is 1. The SMILES string of the molecule is CCc1c(C(=O)OCC(=O)c2c(N)n(Cc3ccccc3)c(=O)n(C)c2=O)cnc2ncnn12. The van der Waals surface area contributed by atoms with E-state index in [2.05, 4.69) is 15.1 Å². The number of rotatable bonds is 7. The van der Waals surface area contributed by atoms with Gasteiger partial charge in [-0.15, -0.1) is 0 Å². The van der Waals surface area contributed by atoms with Gasteiger partial charge < -0.3 is 10.5 Å². The largest absolute Gasteiger partial charge is 0.454 e. The van der Waals surface area contributed by atoms with E-state index < -0.39 is 35.2 Å². The monoisotopic (exact) mass is 463 g/mol. The summed E-state index contributed by atoms with van der Waals surface area (Å²) in [7, 11) is 1.25. The number of nitrogens with two attached hydrogens (primary N) is 1. The molecule has 0 bridgehead atoms. The molecule has 4 rings (SSSR count). The number of anilines is 1. The summed E-state index contributed by atoms with van der Waals surface area (Å²) < 4.78 is 8.50. The molecule has 0 aliphatic carbocycles. The Morgan fingerprint density at radius 3 is 2.56 bits per heavy atom. The zero-order valence-corrected chi connectivity index (χ0v) is 18.5. The highest BCUT2D eigenvalue weighted by molar-refractivity contribution is 6.02. The van der Waals surface area contributed by atoms with Crippen molar-refractivity contribution in [2.45, 2.75) is 19.9 Å². The van der Waals surface area contributed by atoms with Crippen molar-refractivity contribution >= 4 is 23.3 Å². The van der Waals surface area contributed by atoms with Gasteiger partial charge in [0, 0.05) is 13.2 Å². The summed E-state index contributed by atoms with van der Waals surface area (Å²) in [6.07, 6.45) is 3.03. The third-order valence-corrected chi connectivity index (χ3v) is 5.34. The van der Waals surface area contributed by atoms with Crippen LogP contribution in [0.3, 0.4) is 0 Å². The molecule has 3 heterocycles. The molecule has 4 aromatic rings. The third-order valence-electron chi connectivity index (χ3n) is 5.34. The Kier molecular flexibility index (Phi) is 6.04. The second kappa shape index (κ2) is 9.10. The summed E-state index contributed by atoms with van der Waals surface area (Å²) >= 11 is 0. The number of nitrogen functional groups attached to an aromatic ring is 1. The van der Waals surface area contributed by atoms with E-state index in [-0.39, 0.29) is 17.9 Å². The first kappa shape index (κ1) is 22.6. The molecule has 0 spiro atoms. The van der Waals surface area contributed by atoms with Crippen molar-refractivity contribution in [3.63, 3.8) is 0 Å². The smallest absolute Gasteiger partial charge is 0.342 e. The van der Waals surface area contributed by atoms with Gasteiger partial charge in [0.15, 0.2) is 6.61 Å². The van der Waals surface area contributed by atoms with Crippen molar-refractivity contribution in [2.24, 2.45) is 7.05 Å². The molecule has 12 heteroatoms. The lowest BCUT2D eigenvalue weighted by Gasteiger charge is -2.15. The van der Waals surface area contributed by atoms with E-state index in [0.717, 1.165) is 14.7 Å². The predicted molar refractivity (Wildman–Crippen MR) is 121 cm³/mol. The van der Waals surface area contributed by atoms with Crippen LogP contribution in [0, 0.1) is 0 Å². The average molecular weight is 463 g/mol. The second-order valence-electron chi connectivity index (χ2n) is 7.42. The van der Waals surface area contributed by atoms with E-state index in [1.807, 2.05) is 13.0 Å². The highest BCUT2D eigenvalue weighted by Gasteiger charge is 2.24. The number of nitrogens with zero attached hydrogens (tertiary/aromatic N) is 6. The molecular formula is C22H21N7O5. The minimum atomic E-state index is -0.868. The van der Waals surface area contributed by atoms with Gasteiger partial charge in [0.1, 0.15) is 17.7 Å². The molecule has 0 saturated carbocycles. The summed E-state index contributed by atoms with van der Waals surface area (Å²) in [5.74, 6) is -1.62. The lowest BCUT2D eigenvalue weighted by molar-refractivity contribution is 0.0472. The molecule has 0 aliphatic rings. The van der Waals surface area contributed by atoms with Crippen LogP contribution < -0.4 is 17.0 Å². The van der Waals surface area contributed by atoms with E-state index in [9.17, 15) is 19.2 Å². The maximum atomic E-state index is 12.9. The molecule has 0 saturated heterocycles. The van der Waals surface area contributed by atoms with Crippen molar-refractivity contribution in [1.29, 1.82) is 0 Å². The van der Waals surface area contributed by atoms with Gasteiger partial charge in [0.05, 0.1) is 17.8 Å². The molecule has 1 aromatic carbocycles. The van der Waals surface area contributed by atoms with E-state index in [1.165, 1.54) is 24.1 Å². The number of aromatic nitrogens is 6. The van der Waals surface area contributed by atoms with Crippen LogP contribution in [0.1, 0.15) is 38.9 Å². The molecule has 0 fully saturated rings. The van der Waals surface area contributed by atoms with Crippen molar-refractivity contribution in [1.82, 2.24) is 28.7 Å². The van der Waals surface area contributed by atoms with Gasteiger partial charge in [0.2, 0.25) is 5.78 Å². The maximum Gasteiger partial charge on any atom is 0.342 e. The van der Waals surface area contributed by atoms with Crippen LogP contribution in [-0.2, 0) is 24.8 Å². The van der Waals surface area contributed by atoms with Crippen LogP contribution in [-0.4, -0.2) is 47.1 Å². The van der Waals surface area contributed by atoms with Gasteiger partial charge >= 0.3 is 11.7 Å². The summed E-state index contributed by atoms with van der Waals surface area (Å²) in [6, 6.07) is 8.97. The number of benzene rings is 1. The average Bonchev–Trinajstić information content (AvgIpc) is 3.33. The molecule has 0 unspecified atom stereocenters. The Balaban J connectivity index is 1.62. The summed E-state index contributed by atoms with van der Waals surface area (Å²) in [4.78, 5) is 58.9. The van der Waals surface area contributed by atoms with E-state index in [4.69, 9.17) is 10.5 Å². The fourth-order valence-electron chi connectivity index (χ4n) is 3.58. The molecule has 0 aliphatic heterocycles. The molecular weight excluding hydrogens is 442 g/mol. The first-order chi connectivity index (χ1) is 16.3. The quantitative estimate of drug-likeness (QED) is 0.299. The van der Waals surface area contributed by atoms with Crippen molar-refractivity contribution in [3.8, 4) is 0 Å². The zero-order valence-electron chi connectivity index (χ0n) is 18.5. The molecule has 2 N–H and O–H groups in total. The zero-order chi connectivity index (χ0) is 24.4. The van der Waals surface area contributed by atoms with Crippen LogP contribution in [0.5, 0.6) is 0 Å². The van der Waals surface area contributed by atoms with Crippen LogP contribution in [0.4, 0.5) is 5.82 Å². The minimum absolute atomic E-state index is 0.0587. The number of aryl methyl sites for hydroxylation is 1. The van der Waals surface area contributed by atoms with Crippen molar-refractivity contribution in [3.05, 3.63) is 86.1 Å². The minimum Gasteiger partial charge on any atom is -0.454 e. The van der Waals surface area contributed by atoms with Gasteiger partial charge in [-0.25, -0.2) is 19.1 Å². The summed E-state index contributed by atoms with van der Waals surface area (Å²) in [5.41, 5.74) is 5.49. The first-order valence-corrected chi connectivity index (χ1v) is 10.3. The van der Waals surface area contributed by atoms with Crippen molar-refractivity contribution in [2.75, 3.05) is 12.3 Å². The highest BCUT2D eigenvalue weighted by atomic mass is 16.5. The number of hydrogen-bond acceptors (Lipinski definition) is 9. The molecule has 3 aromatic heterocycles. The number of ether oxygens (including phenoxy) is 1. The third kappa shape index (κ3) is 3.96. The fraction of sp³-hybridized carbons (Fsp3) is 0.227. The Morgan fingerprint density at radius 2 is 1.85 bits per heavy atom. The first-order valence-electron chi connectivity index (χ1n) is 10.3. The topological polar surface area (TPSA) is 156 Å². The normalized spacial score (nSPS) is 11.0. The van der Waals surface area contributed by atoms with Crippen LogP contribution in [0.2, 0.25) is 0 Å². The summed E-state index contributed by atoms with van der Waals surface area (Å²) in [5, 5.41) is 4.04. The molecule has 0 amide bonds. The van der Waals surface area contributed by atoms with Crippen LogP contribution in [0.25, 0.3) is 5.78 Å². The Labute approximate surface area is 192 Å². The molecule has 0 atom stereocenters. The standard InChI is InChI=1S/C22H21N7O5/c1-3-15-14(9-24-21-25-12-26-29(15)21)20(32)34-11-16(30)17-18(23)28(22(33)27(2)19(17)31)10-13-7-5-4-6-8-13/h4-9,12H,3,10-11,23H2,1-2H3. The molecule has 0 radical (unpaired) electrons. The number of ketones is 1. The maximum absolute atomic E-state index is 12.9. The van der Waals surface area contributed by atoms with E-state index >= 15 is 0 Å².